The first-order chi connectivity index (χ1) is 9.78. The van der Waals surface area contributed by atoms with Gasteiger partial charge in [-0.3, -0.25) is 4.31 Å². The fourth-order valence-corrected chi connectivity index (χ4v) is 2.97. The van der Waals surface area contributed by atoms with Gasteiger partial charge in [0.15, 0.2) is 5.16 Å². The van der Waals surface area contributed by atoms with E-state index in [0.717, 1.165) is 22.1 Å². The minimum Gasteiger partial charge on any atom is -0.317 e. The molecule has 0 atom stereocenters. The predicted molar refractivity (Wildman–Crippen MR) is 86.6 cm³/mol. The lowest BCUT2D eigenvalue weighted by molar-refractivity contribution is 0.976. The van der Waals surface area contributed by atoms with E-state index in [1.54, 1.807) is 6.20 Å². The van der Waals surface area contributed by atoms with Crippen LogP contribution in [-0.2, 0) is 0 Å². The zero-order valence-electron chi connectivity index (χ0n) is 10.6. The van der Waals surface area contributed by atoms with Gasteiger partial charge in [-0.1, -0.05) is 23.4 Å². The van der Waals surface area contributed by atoms with E-state index in [0.29, 0.717) is 5.02 Å². The van der Waals surface area contributed by atoms with Gasteiger partial charge in [0.1, 0.15) is 0 Å². The lowest BCUT2D eigenvalue weighted by Gasteiger charge is -2.17. The highest BCUT2D eigenvalue weighted by Crippen LogP contribution is 2.36. The Labute approximate surface area is 130 Å². The summed E-state index contributed by atoms with van der Waals surface area (Å²) in [5.74, 6) is 0. The van der Waals surface area contributed by atoms with E-state index in [9.17, 15) is 0 Å². The highest BCUT2D eigenvalue weighted by molar-refractivity contribution is 7.99. The van der Waals surface area contributed by atoms with Crippen LogP contribution in [0.15, 0.2) is 48.0 Å². The van der Waals surface area contributed by atoms with Crippen molar-refractivity contribution in [2.75, 3.05) is 10.6 Å². The summed E-state index contributed by atoms with van der Waals surface area (Å²) in [5.41, 5.74) is 2.90. The Morgan fingerprint density at radius 1 is 1.35 bits per heavy atom. The van der Waals surface area contributed by atoms with Crippen LogP contribution in [0.1, 0.15) is 0 Å². The highest BCUT2D eigenvalue weighted by Gasteiger charge is 2.16. The van der Waals surface area contributed by atoms with Crippen molar-refractivity contribution in [1.29, 1.82) is 0 Å². The summed E-state index contributed by atoms with van der Waals surface area (Å²) in [5, 5.41) is 1.45. The highest BCUT2D eigenvalue weighted by atomic mass is 35.5. The number of halogens is 1. The predicted octanol–water partition coefficient (Wildman–Crippen LogP) is 3.96. The monoisotopic (exact) mass is 322 g/mol. The fourth-order valence-electron chi connectivity index (χ4n) is 1.84. The number of hydrogen-bond acceptors (Lipinski definition) is 6. The number of anilines is 1. The molecular weight excluding hydrogens is 312 g/mol. The van der Waals surface area contributed by atoms with Crippen molar-refractivity contribution in [3.63, 3.8) is 0 Å². The molecular formula is C13H11ClN4S2. The fraction of sp³-hybridized carbons (Fsp3) is 0.0769. The molecule has 4 nitrogen and oxygen atoms in total. The second kappa shape index (κ2) is 5.95. The summed E-state index contributed by atoms with van der Waals surface area (Å²) < 4.78 is 5.09. The maximum atomic E-state index is 6.12. The summed E-state index contributed by atoms with van der Waals surface area (Å²) >= 11 is 9.14. The van der Waals surface area contributed by atoms with Crippen molar-refractivity contribution in [3.8, 4) is 11.3 Å². The molecule has 0 aliphatic carbocycles. The van der Waals surface area contributed by atoms with Gasteiger partial charge in [0.25, 0.3) is 0 Å². The van der Waals surface area contributed by atoms with Gasteiger partial charge in [-0.15, -0.1) is 0 Å². The maximum Gasteiger partial charge on any atom is 0.187 e. The molecule has 0 saturated heterocycles. The summed E-state index contributed by atoms with van der Waals surface area (Å²) in [4.78, 5) is 8.76. The van der Waals surface area contributed by atoms with Crippen LogP contribution in [-0.4, -0.2) is 16.2 Å². The van der Waals surface area contributed by atoms with Crippen molar-refractivity contribution in [2.24, 2.45) is 0 Å². The van der Waals surface area contributed by atoms with E-state index in [2.05, 4.69) is 14.7 Å². The molecule has 2 aromatic rings. The third-order valence-corrected chi connectivity index (χ3v) is 4.27. The molecule has 0 amide bonds. The first kappa shape index (κ1) is 13.6. The molecule has 102 valence electrons. The molecule has 3 rings (SSSR count). The Morgan fingerprint density at radius 2 is 2.25 bits per heavy atom. The summed E-state index contributed by atoms with van der Waals surface area (Å²) in [6.45, 7) is 0. The second-order valence-corrected chi connectivity index (χ2v) is 5.96. The van der Waals surface area contributed by atoms with Crippen LogP contribution in [0, 0.1) is 0 Å². The van der Waals surface area contributed by atoms with Gasteiger partial charge in [0.05, 0.1) is 23.5 Å². The molecule has 1 aromatic heterocycles. The zero-order valence-corrected chi connectivity index (χ0v) is 13.0. The first-order valence-electron chi connectivity index (χ1n) is 5.83. The van der Waals surface area contributed by atoms with Gasteiger partial charge < -0.3 is 4.72 Å². The Kier molecular flexibility index (Phi) is 4.05. The van der Waals surface area contributed by atoms with Crippen molar-refractivity contribution >= 4 is 41.2 Å². The summed E-state index contributed by atoms with van der Waals surface area (Å²) in [7, 11) is 0. The number of hydrogen-bond donors (Lipinski definition) is 1. The van der Waals surface area contributed by atoms with Crippen LogP contribution in [0.3, 0.4) is 0 Å². The number of rotatable bonds is 3. The topological polar surface area (TPSA) is 41.1 Å². The molecule has 0 spiro atoms. The van der Waals surface area contributed by atoms with Crippen LogP contribution >= 0.6 is 35.5 Å². The largest absolute Gasteiger partial charge is 0.317 e. The smallest absolute Gasteiger partial charge is 0.187 e. The van der Waals surface area contributed by atoms with Crippen LogP contribution in [0.2, 0.25) is 5.02 Å². The molecule has 2 heterocycles. The zero-order chi connectivity index (χ0) is 13.9. The normalized spacial score (nSPS) is 13.6. The quantitative estimate of drug-likeness (QED) is 0.524. The average molecular weight is 323 g/mol. The van der Waals surface area contributed by atoms with E-state index in [4.69, 9.17) is 11.6 Å². The molecule has 0 fully saturated rings. The van der Waals surface area contributed by atoms with E-state index >= 15 is 0 Å². The van der Waals surface area contributed by atoms with Crippen LogP contribution in [0.25, 0.3) is 11.3 Å². The van der Waals surface area contributed by atoms with Gasteiger partial charge in [0, 0.05) is 29.2 Å². The van der Waals surface area contributed by atoms with E-state index in [1.807, 2.05) is 47.2 Å². The Bertz CT molecular complexity index is 663. The third kappa shape index (κ3) is 2.72. The summed E-state index contributed by atoms with van der Waals surface area (Å²) in [6, 6.07) is 7.70. The summed E-state index contributed by atoms with van der Waals surface area (Å²) in [6.07, 6.45) is 7.57. The SMILES string of the molecule is CSc1nccc(-c2ccc(Cl)cc2N2C=CNS2)n1. The Balaban J connectivity index is 2.10. The molecule has 0 unspecified atom stereocenters. The lowest BCUT2D eigenvalue weighted by Crippen LogP contribution is -2.05. The molecule has 0 bridgehead atoms. The van der Waals surface area contributed by atoms with Gasteiger partial charge in [0.2, 0.25) is 0 Å². The van der Waals surface area contributed by atoms with Crippen molar-refractivity contribution in [2.45, 2.75) is 5.16 Å². The minimum absolute atomic E-state index is 0.698. The number of thioether (sulfide) groups is 1. The molecule has 1 aromatic carbocycles. The van der Waals surface area contributed by atoms with Gasteiger partial charge >= 0.3 is 0 Å². The Hall–Kier alpha value is -1.37. The second-order valence-electron chi connectivity index (χ2n) is 3.94. The first-order valence-corrected chi connectivity index (χ1v) is 8.21. The molecule has 1 aliphatic heterocycles. The van der Waals surface area contributed by atoms with E-state index in [-0.39, 0.29) is 0 Å². The average Bonchev–Trinajstić information content (AvgIpc) is 3.01. The van der Waals surface area contributed by atoms with Crippen LogP contribution < -0.4 is 9.03 Å². The lowest BCUT2D eigenvalue weighted by atomic mass is 10.1. The molecule has 7 heteroatoms. The van der Waals surface area contributed by atoms with Crippen LogP contribution in [0.5, 0.6) is 0 Å². The Morgan fingerprint density at radius 3 is 3.00 bits per heavy atom. The molecule has 0 saturated carbocycles. The number of nitrogens with one attached hydrogen (secondary N) is 1. The number of aromatic nitrogens is 2. The molecule has 0 radical (unpaired) electrons. The standard InChI is InChI=1S/C13H11ClN4S2/c1-19-13-15-5-4-11(17-13)10-3-2-9(14)8-12(10)18-7-6-16-20-18/h2-8,16H,1H3. The van der Waals surface area contributed by atoms with Gasteiger partial charge in [-0.2, -0.15) is 0 Å². The van der Waals surface area contributed by atoms with Gasteiger partial charge in [-0.25, -0.2) is 9.97 Å². The van der Waals surface area contributed by atoms with Crippen molar-refractivity contribution < 1.29 is 0 Å². The van der Waals surface area contributed by atoms with Crippen molar-refractivity contribution in [3.05, 3.63) is 47.9 Å². The minimum atomic E-state index is 0.698. The third-order valence-electron chi connectivity index (χ3n) is 2.72. The van der Waals surface area contributed by atoms with E-state index in [1.165, 1.54) is 23.9 Å². The maximum absolute atomic E-state index is 6.12. The van der Waals surface area contributed by atoms with Crippen LogP contribution in [0.4, 0.5) is 5.69 Å². The molecule has 1 aliphatic rings. The molecule has 20 heavy (non-hydrogen) atoms. The van der Waals surface area contributed by atoms with Crippen molar-refractivity contribution in [1.82, 2.24) is 14.7 Å². The molecule has 1 N–H and O–H groups in total. The van der Waals surface area contributed by atoms with E-state index < -0.39 is 0 Å². The number of nitrogens with zero attached hydrogens (tertiary/aromatic N) is 3. The van der Waals surface area contributed by atoms with Gasteiger partial charge in [-0.05, 0) is 30.5 Å². The number of benzene rings is 1.